The molecule has 0 spiro atoms. The zero-order valence-electron chi connectivity index (χ0n) is 17.4. The number of carbonyl (C=O) groups is 1. The number of aromatic nitrogens is 4. The third-order valence-electron chi connectivity index (χ3n) is 4.81. The van der Waals surface area contributed by atoms with Crippen LogP contribution in [-0.4, -0.2) is 25.8 Å². The van der Waals surface area contributed by atoms with E-state index in [1.54, 1.807) is 48.4 Å². The Hall–Kier alpha value is -4.17. The first-order valence-electron chi connectivity index (χ1n) is 10.2. The largest absolute Gasteiger partial charge is 0.437 e. The molecule has 0 saturated heterocycles. The highest BCUT2D eigenvalue weighted by molar-refractivity contribution is 7.98. The molecule has 0 radical (unpaired) electrons. The van der Waals surface area contributed by atoms with E-state index in [2.05, 4.69) is 25.3 Å². The van der Waals surface area contributed by atoms with Crippen LogP contribution in [0.4, 0.5) is 5.69 Å². The molecule has 0 aliphatic heterocycles. The molecule has 0 bridgehead atoms. The Morgan fingerprint density at radius 1 is 1.00 bits per heavy atom. The van der Waals surface area contributed by atoms with E-state index in [0.29, 0.717) is 22.9 Å². The lowest BCUT2D eigenvalue weighted by Crippen LogP contribution is -2.11. The number of hydrogen-bond donors (Lipinski definition) is 2. The van der Waals surface area contributed by atoms with Crippen molar-refractivity contribution >= 4 is 34.4 Å². The quantitative estimate of drug-likeness (QED) is 0.308. The fourth-order valence-corrected chi connectivity index (χ4v) is 4.04. The van der Waals surface area contributed by atoms with Crippen molar-refractivity contribution in [1.82, 2.24) is 19.9 Å². The predicted octanol–water partition coefficient (Wildman–Crippen LogP) is 5.69. The molecule has 0 aliphatic rings. The van der Waals surface area contributed by atoms with E-state index in [0.717, 1.165) is 27.5 Å². The van der Waals surface area contributed by atoms with Gasteiger partial charge in [-0.15, -0.1) is 0 Å². The average molecular weight is 454 g/mol. The molecular weight excluding hydrogens is 434 g/mol. The highest BCUT2D eigenvalue weighted by Crippen LogP contribution is 2.24. The molecule has 162 valence electrons. The first-order valence-corrected chi connectivity index (χ1v) is 11.2. The lowest BCUT2D eigenvalue weighted by molar-refractivity contribution is 0.102. The summed E-state index contributed by atoms with van der Waals surface area (Å²) < 4.78 is 5.67. The molecule has 0 saturated carbocycles. The summed E-state index contributed by atoms with van der Waals surface area (Å²) >= 11 is 1.63. The molecule has 1 amide bonds. The molecule has 0 fully saturated rings. The first-order chi connectivity index (χ1) is 16.2. The molecule has 8 heteroatoms. The number of imidazole rings is 1. The van der Waals surface area contributed by atoms with Gasteiger partial charge in [0.25, 0.3) is 5.91 Å². The fraction of sp³-hybridized carbons (Fsp3) is 0.0400. The molecule has 3 aromatic carbocycles. The molecule has 2 aromatic heterocycles. The minimum atomic E-state index is -0.192. The van der Waals surface area contributed by atoms with Crippen molar-refractivity contribution in [2.24, 2.45) is 0 Å². The monoisotopic (exact) mass is 453 g/mol. The Kier molecular flexibility index (Phi) is 5.99. The van der Waals surface area contributed by atoms with E-state index in [-0.39, 0.29) is 5.91 Å². The van der Waals surface area contributed by atoms with Crippen LogP contribution >= 0.6 is 11.8 Å². The van der Waals surface area contributed by atoms with Gasteiger partial charge >= 0.3 is 0 Å². The Balaban J connectivity index is 1.19. The van der Waals surface area contributed by atoms with E-state index < -0.39 is 0 Å². The summed E-state index contributed by atoms with van der Waals surface area (Å²) in [5.74, 6) is 1.51. The minimum absolute atomic E-state index is 0.192. The van der Waals surface area contributed by atoms with Crippen LogP contribution in [0.25, 0.3) is 11.0 Å². The van der Waals surface area contributed by atoms with E-state index in [9.17, 15) is 4.79 Å². The van der Waals surface area contributed by atoms with Gasteiger partial charge in [-0.25, -0.2) is 9.97 Å². The first kappa shape index (κ1) is 20.7. The standard InChI is InChI=1S/C25H19N5O2S/c31-24(28-19-4-3-5-20(14-19)32-23-15-26-12-13-27-23)18-10-8-17(9-11-18)16-33-25-29-21-6-1-2-7-22(21)30-25/h1-15H,16H2,(H,28,31)(H,29,30). The molecule has 7 nitrogen and oxygen atoms in total. The summed E-state index contributed by atoms with van der Waals surface area (Å²) in [6.45, 7) is 0. The van der Waals surface area contributed by atoms with Crippen LogP contribution in [0.2, 0.25) is 0 Å². The summed E-state index contributed by atoms with van der Waals surface area (Å²) in [6, 6.07) is 22.7. The van der Waals surface area contributed by atoms with Crippen LogP contribution in [0.3, 0.4) is 0 Å². The number of benzene rings is 3. The van der Waals surface area contributed by atoms with Crippen molar-refractivity contribution in [3.8, 4) is 11.6 Å². The number of para-hydroxylation sites is 2. The molecule has 33 heavy (non-hydrogen) atoms. The van der Waals surface area contributed by atoms with Crippen molar-refractivity contribution in [2.75, 3.05) is 5.32 Å². The number of rotatable bonds is 7. The Morgan fingerprint density at radius 3 is 2.70 bits per heavy atom. The molecule has 5 rings (SSSR count). The third kappa shape index (κ3) is 5.19. The molecule has 0 atom stereocenters. The SMILES string of the molecule is O=C(Nc1cccc(Oc2cnccn2)c1)c1ccc(CSc2nc3ccccc3[nH]2)cc1. The van der Waals surface area contributed by atoms with Gasteiger partial charge in [-0.3, -0.25) is 9.78 Å². The van der Waals surface area contributed by atoms with E-state index in [4.69, 9.17) is 4.74 Å². The van der Waals surface area contributed by atoms with Crippen LogP contribution in [0.1, 0.15) is 15.9 Å². The second kappa shape index (κ2) is 9.54. The van der Waals surface area contributed by atoms with Crippen molar-refractivity contribution in [3.63, 3.8) is 0 Å². The molecule has 5 aromatic rings. The molecule has 0 aliphatic carbocycles. The summed E-state index contributed by atoms with van der Waals surface area (Å²) in [5.41, 5.74) is 4.30. The maximum absolute atomic E-state index is 12.7. The Bertz CT molecular complexity index is 1350. The highest BCUT2D eigenvalue weighted by Gasteiger charge is 2.09. The number of aromatic amines is 1. The maximum atomic E-state index is 12.7. The van der Waals surface area contributed by atoms with E-state index in [1.807, 2.05) is 48.5 Å². The summed E-state index contributed by atoms with van der Waals surface area (Å²) in [4.78, 5) is 28.6. The lowest BCUT2D eigenvalue weighted by atomic mass is 10.1. The second-order valence-electron chi connectivity index (χ2n) is 7.17. The van der Waals surface area contributed by atoms with E-state index >= 15 is 0 Å². The van der Waals surface area contributed by atoms with Gasteiger partial charge in [0, 0.05) is 35.5 Å². The van der Waals surface area contributed by atoms with Crippen LogP contribution in [-0.2, 0) is 5.75 Å². The van der Waals surface area contributed by atoms with Crippen molar-refractivity contribution in [1.29, 1.82) is 0 Å². The number of amides is 1. The van der Waals surface area contributed by atoms with Gasteiger partial charge in [-0.05, 0) is 42.0 Å². The van der Waals surface area contributed by atoms with Gasteiger partial charge in [-0.2, -0.15) is 0 Å². The smallest absolute Gasteiger partial charge is 0.255 e. The molecular formula is C25H19N5O2S. The summed E-state index contributed by atoms with van der Waals surface area (Å²) in [6.07, 6.45) is 4.66. The number of H-pyrrole nitrogens is 1. The molecule has 2 heterocycles. The number of nitrogens with zero attached hydrogens (tertiary/aromatic N) is 3. The molecule has 0 unspecified atom stereocenters. The number of fused-ring (bicyclic) bond motifs is 1. The van der Waals surface area contributed by atoms with Crippen LogP contribution < -0.4 is 10.1 Å². The number of thioether (sulfide) groups is 1. The van der Waals surface area contributed by atoms with Gasteiger partial charge in [0.2, 0.25) is 5.88 Å². The van der Waals surface area contributed by atoms with Gasteiger partial charge in [-0.1, -0.05) is 42.1 Å². The third-order valence-corrected chi connectivity index (χ3v) is 5.76. The van der Waals surface area contributed by atoms with Gasteiger partial charge in [0.1, 0.15) is 5.75 Å². The second-order valence-corrected chi connectivity index (χ2v) is 8.14. The average Bonchev–Trinajstić information content (AvgIpc) is 3.27. The zero-order chi connectivity index (χ0) is 22.5. The maximum Gasteiger partial charge on any atom is 0.255 e. The van der Waals surface area contributed by atoms with Crippen molar-refractivity contribution < 1.29 is 9.53 Å². The number of hydrogen-bond acceptors (Lipinski definition) is 6. The topological polar surface area (TPSA) is 92.8 Å². The lowest BCUT2D eigenvalue weighted by Gasteiger charge is -2.09. The van der Waals surface area contributed by atoms with Crippen molar-refractivity contribution in [2.45, 2.75) is 10.9 Å². The summed E-state index contributed by atoms with van der Waals surface area (Å²) in [5, 5.41) is 3.78. The highest BCUT2D eigenvalue weighted by atomic mass is 32.2. The normalized spacial score (nSPS) is 10.8. The van der Waals surface area contributed by atoms with Gasteiger partial charge in [0.05, 0.1) is 17.2 Å². The van der Waals surface area contributed by atoms with Crippen molar-refractivity contribution in [3.05, 3.63) is 103 Å². The fourth-order valence-electron chi connectivity index (χ4n) is 3.20. The number of carbonyl (C=O) groups excluding carboxylic acids is 1. The van der Waals surface area contributed by atoms with Gasteiger partial charge in [0.15, 0.2) is 5.16 Å². The number of anilines is 1. The van der Waals surface area contributed by atoms with Crippen LogP contribution in [0, 0.1) is 0 Å². The molecule has 2 N–H and O–H groups in total. The number of ether oxygens (including phenoxy) is 1. The Labute approximate surface area is 194 Å². The van der Waals surface area contributed by atoms with E-state index in [1.165, 1.54) is 6.20 Å². The summed E-state index contributed by atoms with van der Waals surface area (Å²) in [7, 11) is 0. The predicted molar refractivity (Wildman–Crippen MR) is 129 cm³/mol. The van der Waals surface area contributed by atoms with Crippen LogP contribution in [0.5, 0.6) is 11.6 Å². The zero-order valence-corrected chi connectivity index (χ0v) is 18.3. The van der Waals surface area contributed by atoms with Gasteiger partial charge < -0.3 is 15.0 Å². The Morgan fingerprint density at radius 2 is 1.88 bits per heavy atom. The number of nitrogens with one attached hydrogen (secondary N) is 2. The van der Waals surface area contributed by atoms with Crippen LogP contribution in [0.15, 0.2) is 96.5 Å². The minimum Gasteiger partial charge on any atom is -0.437 e.